The average molecular weight is 314 g/mol. The van der Waals surface area contributed by atoms with Crippen LogP contribution in [0.4, 0.5) is 5.69 Å². The van der Waals surface area contributed by atoms with Crippen LogP contribution in [-0.4, -0.2) is 17.1 Å². The summed E-state index contributed by atoms with van der Waals surface area (Å²) in [5.74, 6) is 0.829. The number of methoxy groups -OCH3 is 1. The van der Waals surface area contributed by atoms with Crippen molar-refractivity contribution >= 4 is 17.3 Å². The van der Waals surface area contributed by atoms with Crippen LogP contribution >= 0.6 is 11.6 Å². The van der Waals surface area contributed by atoms with Crippen molar-refractivity contribution in [1.82, 2.24) is 9.97 Å². The molecule has 0 bridgehead atoms. The fourth-order valence-corrected chi connectivity index (χ4v) is 2.40. The van der Waals surface area contributed by atoms with Gasteiger partial charge in [0.2, 0.25) is 0 Å². The lowest BCUT2D eigenvalue weighted by molar-refractivity contribution is 0.415. The first kappa shape index (κ1) is 14.5. The highest BCUT2D eigenvalue weighted by atomic mass is 35.5. The molecule has 1 unspecified atom stereocenters. The number of hydrogen-bond acceptors (Lipinski definition) is 3. The van der Waals surface area contributed by atoms with E-state index in [0.717, 1.165) is 27.7 Å². The van der Waals surface area contributed by atoms with Gasteiger partial charge in [0.25, 0.3) is 0 Å². The van der Waals surface area contributed by atoms with Crippen LogP contribution in [0.1, 0.15) is 17.3 Å². The molecule has 1 aromatic heterocycles. The van der Waals surface area contributed by atoms with Gasteiger partial charge < -0.3 is 15.0 Å². The number of nitrogens with zero attached hydrogens (tertiary/aromatic N) is 1. The molecule has 0 aliphatic heterocycles. The second-order valence-electron chi connectivity index (χ2n) is 4.86. The molecule has 1 heterocycles. The third kappa shape index (κ3) is 3.23. The van der Waals surface area contributed by atoms with E-state index in [1.807, 2.05) is 54.7 Å². The third-order valence-electron chi connectivity index (χ3n) is 3.43. The smallest absolute Gasteiger partial charge is 0.119 e. The highest BCUT2D eigenvalue weighted by molar-refractivity contribution is 6.30. The summed E-state index contributed by atoms with van der Waals surface area (Å²) >= 11 is 5.98. The van der Waals surface area contributed by atoms with Gasteiger partial charge in [-0.05, 0) is 42.0 Å². The van der Waals surface area contributed by atoms with Crippen LogP contribution in [0, 0.1) is 0 Å². The Hall–Kier alpha value is -2.46. The molecule has 0 saturated heterocycles. The van der Waals surface area contributed by atoms with Gasteiger partial charge in [0, 0.05) is 10.7 Å². The summed E-state index contributed by atoms with van der Waals surface area (Å²) in [6.45, 7) is 0. The van der Waals surface area contributed by atoms with Crippen LogP contribution in [0.25, 0.3) is 0 Å². The summed E-state index contributed by atoms with van der Waals surface area (Å²) < 4.78 is 5.19. The van der Waals surface area contributed by atoms with Crippen molar-refractivity contribution in [3.8, 4) is 5.75 Å². The van der Waals surface area contributed by atoms with Crippen LogP contribution in [0.3, 0.4) is 0 Å². The van der Waals surface area contributed by atoms with E-state index in [1.165, 1.54) is 0 Å². The van der Waals surface area contributed by atoms with Gasteiger partial charge in [-0.2, -0.15) is 0 Å². The molecule has 0 aliphatic carbocycles. The predicted octanol–water partition coefficient (Wildman–Crippen LogP) is 4.27. The fraction of sp³-hybridized carbons (Fsp3) is 0.118. The number of nitrogens with one attached hydrogen (secondary N) is 2. The molecule has 0 radical (unpaired) electrons. The van der Waals surface area contributed by atoms with E-state index >= 15 is 0 Å². The molecule has 2 aromatic carbocycles. The zero-order valence-corrected chi connectivity index (χ0v) is 12.8. The minimum atomic E-state index is -0.0341. The molecular weight excluding hydrogens is 298 g/mol. The number of halogens is 1. The highest BCUT2D eigenvalue weighted by Crippen LogP contribution is 2.27. The van der Waals surface area contributed by atoms with Crippen molar-refractivity contribution in [3.05, 3.63) is 77.3 Å². The zero-order valence-electron chi connectivity index (χ0n) is 12.1. The number of imidazole rings is 1. The van der Waals surface area contributed by atoms with Crippen molar-refractivity contribution in [2.45, 2.75) is 6.04 Å². The molecule has 5 heteroatoms. The van der Waals surface area contributed by atoms with Gasteiger partial charge >= 0.3 is 0 Å². The van der Waals surface area contributed by atoms with Crippen LogP contribution in [0.5, 0.6) is 5.75 Å². The second-order valence-corrected chi connectivity index (χ2v) is 5.30. The largest absolute Gasteiger partial charge is 0.497 e. The molecule has 0 aliphatic rings. The monoisotopic (exact) mass is 313 g/mol. The van der Waals surface area contributed by atoms with Crippen molar-refractivity contribution in [2.24, 2.45) is 0 Å². The molecular formula is C17H16ClN3O. The molecule has 1 atom stereocenters. The summed E-state index contributed by atoms with van der Waals surface area (Å²) in [4.78, 5) is 7.28. The lowest BCUT2D eigenvalue weighted by Crippen LogP contribution is -2.12. The lowest BCUT2D eigenvalue weighted by Gasteiger charge is -2.19. The highest BCUT2D eigenvalue weighted by Gasteiger charge is 2.15. The second kappa shape index (κ2) is 6.54. The Morgan fingerprint density at radius 2 is 1.82 bits per heavy atom. The third-order valence-corrected chi connectivity index (χ3v) is 3.69. The van der Waals surface area contributed by atoms with Crippen molar-refractivity contribution in [1.29, 1.82) is 0 Å². The van der Waals surface area contributed by atoms with E-state index in [4.69, 9.17) is 16.3 Å². The van der Waals surface area contributed by atoms with E-state index in [-0.39, 0.29) is 6.04 Å². The van der Waals surface area contributed by atoms with E-state index in [1.54, 1.807) is 13.4 Å². The maximum absolute atomic E-state index is 5.98. The van der Waals surface area contributed by atoms with Gasteiger partial charge in [-0.1, -0.05) is 23.7 Å². The number of anilines is 1. The van der Waals surface area contributed by atoms with Crippen LogP contribution in [-0.2, 0) is 0 Å². The first-order valence-electron chi connectivity index (χ1n) is 6.90. The molecule has 0 saturated carbocycles. The zero-order chi connectivity index (χ0) is 15.4. The Morgan fingerprint density at radius 1 is 1.09 bits per heavy atom. The summed E-state index contributed by atoms with van der Waals surface area (Å²) in [5.41, 5.74) is 3.08. The first-order valence-corrected chi connectivity index (χ1v) is 7.28. The van der Waals surface area contributed by atoms with E-state index in [0.29, 0.717) is 0 Å². The summed E-state index contributed by atoms with van der Waals surface area (Å²) in [7, 11) is 1.66. The molecule has 0 fully saturated rings. The summed E-state index contributed by atoms with van der Waals surface area (Å²) in [6, 6.07) is 15.6. The average Bonchev–Trinajstić information content (AvgIpc) is 3.08. The number of rotatable bonds is 5. The van der Waals surface area contributed by atoms with E-state index in [2.05, 4.69) is 15.3 Å². The fourth-order valence-electron chi connectivity index (χ4n) is 2.27. The summed E-state index contributed by atoms with van der Waals surface area (Å²) in [6.07, 6.45) is 3.49. The normalized spacial score (nSPS) is 11.9. The van der Waals surface area contributed by atoms with Crippen molar-refractivity contribution in [3.63, 3.8) is 0 Å². The Bertz CT molecular complexity index is 709. The molecule has 0 amide bonds. The Labute approximate surface area is 134 Å². The number of ether oxygens (including phenoxy) is 1. The molecule has 3 aromatic rings. The van der Waals surface area contributed by atoms with Crippen LogP contribution in [0.2, 0.25) is 5.02 Å². The van der Waals surface area contributed by atoms with Gasteiger partial charge in [0.1, 0.15) is 5.75 Å². The Balaban J connectivity index is 1.90. The molecule has 4 nitrogen and oxygen atoms in total. The van der Waals surface area contributed by atoms with E-state index < -0.39 is 0 Å². The molecule has 112 valence electrons. The quantitative estimate of drug-likeness (QED) is 0.739. The Morgan fingerprint density at radius 3 is 2.41 bits per heavy atom. The van der Waals surface area contributed by atoms with Crippen LogP contribution < -0.4 is 10.1 Å². The molecule has 0 spiro atoms. The van der Waals surface area contributed by atoms with Gasteiger partial charge in [0.05, 0.1) is 31.4 Å². The van der Waals surface area contributed by atoms with Gasteiger partial charge in [-0.25, -0.2) is 4.98 Å². The number of benzene rings is 2. The Kier molecular flexibility index (Phi) is 4.30. The van der Waals surface area contributed by atoms with E-state index in [9.17, 15) is 0 Å². The van der Waals surface area contributed by atoms with Gasteiger partial charge in [-0.15, -0.1) is 0 Å². The number of H-pyrrole nitrogens is 1. The minimum absolute atomic E-state index is 0.0341. The molecule has 2 N–H and O–H groups in total. The van der Waals surface area contributed by atoms with Crippen LogP contribution in [0.15, 0.2) is 61.1 Å². The maximum Gasteiger partial charge on any atom is 0.119 e. The van der Waals surface area contributed by atoms with Gasteiger partial charge in [0.15, 0.2) is 0 Å². The topological polar surface area (TPSA) is 49.9 Å². The lowest BCUT2D eigenvalue weighted by atomic mass is 10.0. The number of aromatic nitrogens is 2. The molecule has 22 heavy (non-hydrogen) atoms. The maximum atomic E-state index is 5.98. The van der Waals surface area contributed by atoms with Crippen molar-refractivity contribution < 1.29 is 4.74 Å². The van der Waals surface area contributed by atoms with Crippen molar-refractivity contribution in [2.75, 3.05) is 12.4 Å². The number of hydrogen-bond donors (Lipinski definition) is 2. The first-order chi connectivity index (χ1) is 10.8. The number of aromatic amines is 1. The minimum Gasteiger partial charge on any atom is -0.497 e. The standard InChI is InChI=1S/C17H16ClN3O/c1-22-15-8-6-14(7-9-15)21-17(16-10-19-11-20-16)12-2-4-13(18)5-3-12/h2-11,17,21H,1H3,(H,19,20). The van der Waals surface area contributed by atoms with Gasteiger partial charge in [-0.3, -0.25) is 0 Å². The molecule has 3 rings (SSSR count). The SMILES string of the molecule is COc1ccc(NC(c2ccc(Cl)cc2)c2cnc[nH]2)cc1. The predicted molar refractivity (Wildman–Crippen MR) is 88.5 cm³/mol. The summed E-state index contributed by atoms with van der Waals surface area (Å²) in [5, 5.41) is 4.22.